The highest BCUT2D eigenvalue weighted by molar-refractivity contribution is 5.94. The molecule has 0 aliphatic carbocycles. The van der Waals surface area contributed by atoms with Crippen molar-refractivity contribution in [2.75, 3.05) is 0 Å². The van der Waals surface area contributed by atoms with Gasteiger partial charge in [0.05, 0.1) is 6.20 Å². The van der Waals surface area contributed by atoms with Crippen molar-refractivity contribution in [2.24, 2.45) is 5.73 Å². The molecule has 4 nitrogen and oxygen atoms in total. The lowest BCUT2D eigenvalue weighted by atomic mass is 10.2. The molecule has 0 aliphatic rings. The summed E-state index contributed by atoms with van der Waals surface area (Å²) in [7, 11) is 0. The number of rotatable bonds is 3. The number of aromatic nitrogens is 2. The summed E-state index contributed by atoms with van der Waals surface area (Å²) in [5, 5.41) is 0. The third kappa shape index (κ3) is 2.16. The smallest absolute Gasteiger partial charge is 0.186 e. The molecule has 0 aromatic carbocycles. The summed E-state index contributed by atoms with van der Waals surface area (Å²) < 4.78 is 0. The van der Waals surface area contributed by atoms with Gasteiger partial charge in [-0.1, -0.05) is 6.08 Å². The molecule has 0 saturated carbocycles. The van der Waals surface area contributed by atoms with Crippen LogP contribution in [0, 0.1) is 0 Å². The van der Waals surface area contributed by atoms with Gasteiger partial charge in [0.25, 0.3) is 0 Å². The van der Waals surface area contributed by atoms with E-state index in [2.05, 4.69) is 9.97 Å². The lowest BCUT2D eigenvalue weighted by molar-refractivity contribution is 0.0990. The molecular weight excluding hydrogens is 154 g/mol. The molecule has 1 rings (SSSR count). The Morgan fingerprint density at radius 3 is 3.00 bits per heavy atom. The van der Waals surface area contributed by atoms with Gasteiger partial charge in [0.15, 0.2) is 5.78 Å². The third-order valence-electron chi connectivity index (χ3n) is 1.29. The Morgan fingerprint density at radius 1 is 1.58 bits per heavy atom. The summed E-state index contributed by atoms with van der Waals surface area (Å²) in [4.78, 5) is 18.8. The molecule has 4 heteroatoms. The molecular formula is C8H9N3O. The number of hydrogen-bond donors (Lipinski definition) is 1. The van der Waals surface area contributed by atoms with Crippen molar-refractivity contribution in [1.29, 1.82) is 0 Å². The predicted octanol–water partition coefficient (Wildman–Crippen LogP) is 0.522. The van der Waals surface area contributed by atoms with Crippen LogP contribution >= 0.6 is 0 Å². The zero-order valence-electron chi connectivity index (χ0n) is 6.47. The number of ketones is 1. The van der Waals surface area contributed by atoms with Gasteiger partial charge in [-0.25, -0.2) is 4.98 Å². The molecule has 0 atom stereocenters. The number of hydrogen-bond acceptors (Lipinski definition) is 4. The summed E-state index contributed by atoms with van der Waals surface area (Å²) in [6, 6.07) is 0. The van der Waals surface area contributed by atoms with E-state index in [0.717, 1.165) is 0 Å². The van der Waals surface area contributed by atoms with Crippen molar-refractivity contribution in [3.8, 4) is 0 Å². The molecule has 1 aromatic rings. The summed E-state index contributed by atoms with van der Waals surface area (Å²) >= 11 is 0. The van der Waals surface area contributed by atoms with Crippen molar-refractivity contribution < 1.29 is 4.79 Å². The van der Waals surface area contributed by atoms with Gasteiger partial charge in [0.2, 0.25) is 0 Å². The molecule has 0 spiro atoms. The van der Waals surface area contributed by atoms with Crippen LogP contribution in [0.1, 0.15) is 16.9 Å². The number of nitrogens with two attached hydrogens (primary N) is 1. The second kappa shape index (κ2) is 4.23. The molecule has 1 aromatic heterocycles. The molecule has 0 saturated heterocycles. The Balaban J connectivity index is 2.66. The Bertz CT molecular complexity index is 282. The molecule has 0 unspecified atom stereocenters. The van der Waals surface area contributed by atoms with Gasteiger partial charge in [-0.2, -0.15) is 0 Å². The van der Waals surface area contributed by atoms with Gasteiger partial charge >= 0.3 is 0 Å². The van der Waals surface area contributed by atoms with Gasteiger partial charge < -0.3 is 5.73 Å². The summed E-state index contributed by atoms with van der Waals surface area (Å²) in [5.41, 5.74) is 5.46. The van der Waals surface area contributed by atoms with Crippen LogP contribution < -0.4 is 5.73 Å². The molecule has 0 radical (unpaired) electrons. The number of nitrogens with zero attached hydrogens (tertiary/aromatic N) is 2. The first kappa shape index (κ1) is 8.39. The summed E-state index contributed by atoms with van der Waals surface area (Å²) in [5.74, 6) is -0.0789. The minimum absolute atomic E-state index is 0.0789. The van der Waals surface area contributed by atoms with Crippen molar-refractivity contribution in [2.45, 2.75) is 6.42 Å². The highest BCUT2D eigenvalue weighted by Crippen LogP contribution is 1.96. The van der Waals surface area contributed by atoms with E-state index in [4.69, 9.17) is 5.73 Å². The van der Waals surface area contributed by atoms with Crippen LogP contribution in [0.15, 0.2) is 30.9 Å². The van der Waals surface area contributed by atoms with E-state index in [-0.39, 0.29) is 12.2 Å². The van der Waals surface area contributed by atoms with E-state index >= 15 is 0 Å². The average molecular weight is 163 g/mol. The van der Waals surface area contributed by atoms with Crippen molar-refractivity contribution in [3.63, 3.8) is 0 Å². The molecule has 12 heavy (non-hydrogen) atoms. The minimum Gasteiger partial charge on any atom is -0.405 e. The van der Waals surface area contributed by atoms with Crippen molar-refractivity contribution >= 4 is 5.78 Å². The molecule has 1 heterocycles. The molecule has 62 valence electrons. The predicted molar refractivity (Wildman–Crippen MR) is 44.3 cm³/mol. The third-order valence-corrected chi connectivity index (χ3v) is 1.29. The standard InChI is InChI=1S/C8H9N3O/c9-3-1-2-8(12)7-6-10-4-5-11-7/h1,3-6H,2,9H2/b3-1+. The van der Waals surface area contributed by atoms with Crippen molar-refractivity contribution in [1.82, 2.24) is 9.97 Å². The van der Waals surface area contributed by atoms with Gasteiger partial charge in [0, 0.05) is 18.8 Å². The number of Topliss-reactive ketones (excluding diaryl/α,β-unsaturated/α-hetero) is 1. The van der Waals surface area contributed by atoms with Gasteiger partial charge in [0.1, 0.15) is 5.69 Å². The second-order valence-electron chi connectivity index (χ2n) is 2.15. The maximum absolute atomic E-state index is 11.2. The number of allylic oxidation sites excluding steroid dienone is 1. The SMILES string of the molecule is N/C=C/CC(=O)c1cnccn1. The van der Waals surface area contributed by atoms with Crippen LogP contribution in [0.3, 0.4) is 0 Å². The normalized spacial score (nSPS) is 10.3. The summed E-state index contributed by atoms with van der Waals surface area (Å²) in [6.07, 6.45) is 7.64. The van der Waals surface area contributed by atoms with Crippen LogP contribution in [0.4, 0.5) is 0 Å². The van der Waals surface area contributed by atoms with E-state index in [9.17, 15) is 4.79 Å². The fourth-order valence-corrected chi connectivity index (χ4v) is 0.723. The lowest BCUT2D eigenvalue weighted by Gasteiger charge is -1.93. The van der Waals surface area contributed by atoms with E-state index in [1.807, 2.05) is 0 Å². The highest BCUT2D eigenvalue weighted by Gasteiger charge is 2.03. The Hall–Kier alpha value is -1.71. The van der Waals surface area contributed by atoms with Crippen LogP contribution in [0.2, 0.25) is 0 Å². The van der Waals surface area contributed by atoms with E-state index < -0.39 is 0 Å². The topological polar surface area (TPSA) is 68.9 Å². The highest BCUT2D eigenvalue weighted by atomic mass is 16.1. The Kier molecular flexibility index (Phi) is 2.95. The summed E-state index contributed by atoms with van der Waals surface area (Å²) in [6.45, 7) is 0. The van der Waals surface area contributed by atoms with Crippen LogP contribution in [0.25, 0.3) is 0 Å². The van der Waals surface area contributed by atoms with E-state index in [0.29, 0.717) is 5.69 Å². The molecule has 2 N–H and O–H groups in total. The monoisotopic (exact) mass is 163 g/mol. The van der Waals surface area contributed by atoms with Crippen LogP contribution in [-0.4, -0.2) is 15.8 Å². The first-order valence-corrected chi connectivity index (χ1v) is 3.50. The zero-order valence-corrected chi connectivity index (χ0v) is 6.47. The second-order valence-corrected chi connectivity index (χ2v) is 2.15. The molecule has 0 amide bonds. The van der Waals surface area contributed by atoms with Crippen LogP contribution in [0.5, 0.6) is 0 Å². The Labute approximate surface area is 70.1 Å². The van der Waals surface area contributed by atoms with E-state index in [1.54, 1.807) is 6.08 Å². The van der Waals surface area contributed by atoms with E-state index in [1.165, 1.54) is 24.8 Å². The molecule has 0 fully saturated rings. The fraction of sp³-hybridized carbons (Fsp3) is 0.125. The quantitative estimate of drug-likeness (QED) is 0.659. The van der Waals surface area contributed by atoms with Crippen molar-refractivity contribution in [3.05, 3.63) is 36.6 Å². The minimum atomic E-state index is -0.0789. The average Bonchev–Trinajstić information content (AvgIpc) is 2.15. The van der Waals surface area contributed by atoms with Gasteiger partial charge in [-0.15, -0.1) is 0 Å². The molecule has 0 bridgehead atoms. The lowest BCUT2D eigenvalue weighted by Crippen LogP contribution is -2.00. The zero-order chi connectivity index (χ0) is 8.81. The first-order chi connectivity index (χ1) is 5.84. The largest absolute Gasteiger partial charge is 0.405 e. The molecule has 0 aliphatic heterocycles. The van der Waals surface area contributed by atoms with Crippen LogP contribution in [-0.2, 0) is 0 Å². The Morgan fingerprint density at radius 2 is 2.42 bits per heavy atom. The fourth-order valence-electron chi connectivity index (χ4n) is 0.723. The maximum atomic E-state index is 11.2. The van der Waals surface area contributed by atoms with Gasteiger partial charge in [-0.3, -0.25) is 9.78 Å². The number of carbonyl (C=O) groups is 1. The number of carbonyl (C=O) groups excluding carboxylic acids is 1. The maximum Gasteiger partial charge on any atom is 0.186 e. The first-order valence-electron chi connectivity index (χ1n) is 3.50. The van der Waals surface area contributed by atoms with Gasteiger partial charge in [-0.05, 0) is 6.20 Å².